The monoisotopic (exact) mass is 371 g/mol. The number of ether oxygens (including phenoxy) is 1. The van der Waals surface area contributed by atoms with E-state index in [2.05, 4.69) is 0 Å². The highest BCUT2D eigenvalue weighted by Crippen LogP contribution is 2.44. The Morgan fingerprint density at radius 2 is 1.83 bits per heavy atom. The van der Waals surface area contributed by atoms with Crippen molar-refractivity contribution in [1.82, 2.24) is 0 Å². The highest BCUT2D eigenvalue weighted by atomic mass is 35.5. The maximum Gasteiger partial charge on any atom is 0.311 e. The Kier molecular flexibility index (Phi) is 4.73. The molecular weight excluding hydrogens is 357 g/mol. The van der Waals surface area contributed by atoms with Crippen molar-refractivity contribution in [2.45, 2.75) is 39.0 Å². The van der Waals surface area contributed by atoms with Crippen molar-refractivity contribution in [1.29, 1.82) is 0 Å². The molecule has 0 saturated carbocycles. The summed E-state index contributed by atoms with van der Waals surface area (Å²) in [6.45, 7) is 1.87. The number of imide groups is 1. The third kappa shape index (κ3) is 2.75. The first-order valence-electron chi connectivity index (χ1n) is 7.68. The minimum Gasteiger partial charge on any atom is -0.466 e. The zero-order valence-electron chi connectivity index (χ0n) is 13.0. The average Bonchev–Trinajstić information content (AvgIpc) is 2.95. The third-order valence-corrected chi connectivity index (χ3v) is 5.56. The van der Waals surface area contributed by atoms with Crippen molar-refractivity contribution in [2.75, 3.05) is 11.5 Å². The van der Waals surface area contributed by atoms with Crippen LogP contribution in [0.1, 0.15) is 37.5 Å². The van der Waals surface area contributed by atoms with E-state index in [9.17, 15) is 18.8 Å². The molecule has 1 aromatic heterocycles. The van der Waals surface area contributed by atoms with E-state index in [-0.39, 0.29) is 28.6 Å². The normalized spacial score (nSPS) is 17.5. The van der Waals surface area contributed by atoms with E-state index in [0.717, 1.165) is 17.7 Å². The van der Waals surface area contributed by atoms with Gasteiger partial charge in [0.25, 0.3) is 11.8 Å². The number of carbonyl (C=O) groups is 3. The van der Waals surface area contributed by atoms with Gasteiger partial charge in [0.05, 0.1) is 18.1 Å². The molecule has 2 amide bonds. The second kappa shape index (κ2) is 6.64. The standard InChI is InChI=1S/C16H15ClFNO4S/c1-2-23-11(20)7-10-12(17)13(14(18)24-10)19-15(21)8-5-3-4-6-9(8)16(19)22/h2-7H2,1H3. The second-order valence-corrected chi connectivity index (χ2v) is 6.99. The Labute approximate surface area is 147 Å². The van der Waals surface area contributed by atoms with Crippen LogP contribution < -0.4 is 4.90 Å². The molecule has 0 bridgehead atoms. The smallest absolute Gasteiger partial charge is 0.311 e. The molecule has 8 heteroatoms. The lowest BCUT2D eigenvalue weighted by Crippen LogP contribution is -2.32. The number of rotatable bonds is 4. The van der Waals surface area contributed by atoms with Crippen molar-refractivity contribution in [3.8, 4) is 0 Å². The summed E-state index contributed by atoms with van der Waals surface area (Å²) >= 11 is 6.84. The molecule has 0 saturated heterocycles. The maximum atomic E-state index is 14.4. The van der Waals surface area contributed by atoms with Crippen molar-refractivity contribution < 1.29 is 23.5 Å². The number of carbonyl (C=O) groups excluding carboxylic acids is 3. The van der Waals surface area contributed by atoms with Crippen LogP contribution in [-0.2, 0) is 25.5 Å². The molecule has 0 N–H and O–H groups in total. The quantitative estimate of drug-likeness (QED) is 0.601. The Hall–Kier alpha value is -1.73. The first-order valence-corrected chi connectivity index (χ1v) is 8.88. The van der Waals surface area contributed by atoms with Gasteiger partial charge in [0, 0.05) is 16.0 Å². The summed E-state index contributed by atoms with van der Waals surface area (Å²) in [6.07, 6.45) is 2.52. The van der Waals surface area contributed by atoms with Gasteiger partial charge in [-0.05, 0) is 32.6 Å². The number of hydrogen-bond acceptors (Lipinski definition) is 5. The van der Waals surface area contributed by atoms with Crippen LogP contribution in [0.25, 0.3) is 0 Å². The van der Waals surface area contributed by atoms with E-state index in [1.54, 1.807) is 6.92 Å². The molecule has 0 radical (unpaired) electrons. The van der Waals surface area contributed by atoms with Crippen LogP contribution in [0.3, 0.4) is 0 Å². The summed E-state index contributed by atoms with van der Waals surface area (Å²) in [5.41, 5.74) is 0.671. The van der Waals surface area contributed by atoms with Gasteiger partial charge in [-0.15, -0.1) is 11.3 Å². The lowest BCUT2D eigenvalue weighted by atomic mass is 9.93. The molecule has 0 unspecified atom stereocenters. The first-order chi connectivity index (χ1) is 11.5. The molecule has 3 rings (SSSR count). The SMILES string of the molecule is CCOC(=O)Cc1sc(F)c(N2C(=O)C3=C(CCCC3)C2=O)c1Cl. The van der Waals surface area contributed by atoms with Crippen LogP contribution in [0.2, 0.25) is 5.02 Å². The molecule has 2 heterocycles. The molecule has 0 fully saturated rings. The molecule has 1 aliphatic heterocycles. The number of anilines is 1. The Bertz CT molecular complexity index is 742. The van der Waals surface area contributed by atoms with E-state index < -0.39 is 22.9 Å². The molecular formula is C16H15ClFNO4S. The number of halogens is 2. The van der Waals surface area contributed by atoms with Crippen LogP contribution in [-0.4, -0.2) is 24.4 Å². The summed E-state index contributed by atoms with van der Waals surface area (Å²) in [5, 5.41) is -0.826. The van der Waals surface area contributed by atoms with E-state index in [0.29, 0.717) is 35.3 Å². The van der Waals surface area contributed by atoms with Crippen LogP contribution in [0.4, 0.5) is 10.1 Å². The minimum absolute atomic E-state index is 0.0768. The van der Waals surface area contributed by atoms with Gasteiger partial charge in [-0.3, -0.25) is 14.4 Å². The van der Waals surface area contributed by atoms with Gasteiger partial charge in [-0.25, -0.2) is 4.90 Å². The van der Waals surface area contributed by atoms with Crippen LogP contribution in [0.5, 0.6) is 0 Å². The fourth-order valence-electron chi connectivity index (χ4n) is 3.01. The third-order valence-electron chi connectivity index (χ3n) is 4.08. The van der Waals surface area contributed by atoms with Gasteiger partial charge in [0.15, 0.2) is 0 Å². The largest absolute Gasteiger partial charge is 0.466 e. The van der Waals surface area contributed by atoms with Crippen LogP contribution in [0, 0.1) is 5.13 Å². The van der Waals surface area contributed by atoms with Gasteiger partial charge in [-0.2, -0.15) is 4.39 Å². The topological polar surface area (TPSA) is 63.7 Å². The van der Waals surface area contributed by atoms with Crippen molar-refractivity contribution in [3.63, 3.8) is 0 Å². The summed E-state index contributed by atoms with van der Waals surface area (Å²) in [5.74, 6) is -1.55. The molecule has 0 aromatic carbocycles. The Morgan fingerprint density at radius 3 is 2.38 bits per heavy atom. The fourth-order valence-corrected chi connectivity index (χ4v) is 4.29. The van der Waals surface area contributed by atoms with E-state index >= 15 is 0 Å². The predicted molar refractivity (Wildman–Crippen MR) is 87.6 cm³/mol. The van der Waals surface area contributed by atoms with Gasteiger partial charge in [0.2, 0.25) is 5.13 Å². The van der Waals surface area contributed by atoms with E-state index in [1.807, 2.05) is 0 Å². The second-order valence-electron chi connectivity index (χ2n) is 5.55. The molecule has 2 aliphatic rings. The lowest BCUT2D eigenvalue weighted by Gasteiger charge is -2.14. The summed E-state index contributed by atoms with van der Waals surface area (Å²) in [6, 6.07) is 0. The highest BCUT2D eigenvalue weighted by molar-refractivity contribution is 7.11. The number of hydrogen-bond donors (Lipinski definition) is 0. The van der Waals surface area contributed by atoms with Crippen LogP contribution >= 0.6 is 22.9 Å². The summed E-state index contributed by atoms with van der Waals surface area (Å²) < 4.78 is 19.2. The number of thiophene rings is 1. The van der Waals surface area contributed by atoms with Gasteiger partial charge >= 0.3 is 5.97 Å². The van der Waals surface area contributed by atoms with Gasteiger partial charge < -0.3 is 4.74 Å². The minimum atomic E-state index is -0.749. The molecule has 1 aromatic rings. The molecule has 5 nitrogen and oxygen atoms in total. The van der Waals surface area contributed by atoms with Gasteiger partial charge in [0.1, 0.15) is 5.69 Å². The van der Waals surface area contributed by atoms with Gasteiger partial charge in [-0.1, -0.05) is 11.6 Å². The maximum absolute atomic E-state index is 14.4. The van der Waals surface area contributed by atoms with Crippen molar-refractivity contribution in [2.24, 2.45) is 0 Å². The molecule has 128 valence electrons. The average molecular weight is 372 g/mol. The zero-order chi connectivity index (χ0) is 17.4. The Morgan fingerprint density at radius 1 is 1.25 bits per heavy atom. The molecule has 0 atom stereocenters. The number of amides is 2. The lowest BCUT2D eigenvalue weighted by molar-refractivity contribution is -0.142. The van der Waals surface area contributed by atoms with Crippen molar-refractivity contribution >= 4 is 46.4 Å². The van der Waals surface area contributed by atoms with Crippen molar-refractivity contribution in [3.05, 3.63) is 26.2 Å². The zero-order valence-corrected chi connectivity index (χ0v) is 14.6. The Balaban J connectivity index is 1.93. The van der Waals surface area contributed by atoms with E-state index in [4.69, 9.17) is 16.3 Å². The number of nitrogens with zero attached hydrogens (tertiary/aromatic N) is 1. The molecule has 24 heavy (non-hydrogen) atoms. The molecule has 0 spiro atoms. The fraction of sp³-hybridized carbons (Fsp3) is 0.438. The molecule has 1 aliphatic carbocycles. The summed E-state index contributed by atoms with van der Waals surface area (Å²) in [7, 11) is 0. The van der Waals surface area contributed by atoms with Crippen LogP contribution in [0.15, 0.2) is 11.1 Å². The summed E-state index contributed by atoms with van der Waals surface area (Å²) in [4.78, 5) is 37.7. The first kappa shape index (κ1) is 17.1. The van der Waals surface area contributed by atoms with E-state index in [1.165, 1.54) is 0 Å². The predicted octanol–water partition coefficient (Wildman–Crippen LogP) is 3.39. The number of esters is 1. The highest BCUT2D eigenvalue weighted by Gasteiger charge is 2.42.